The van der Waals surface area contributed by atoms with Gasteiger partial charge in [0.1, 0.15) is 11.2 Å². The second-order valence-electron chi connectivity index (χ2n) is 9.84. The van der Waals surface area contributed by atoms with Gasteiger partial charge in [-0.25, -0.2) is 0 Å². The first kappa shape index (κ1) is 21.8. The summed E-state index contributed by atoms with van der Waals surface area (Å²) in [7, 11) is 0. The smallest absolute Gasteiger partial charge is 0.137 e. The van der Waals surface area contributed by atoms with E-state index < -0.39 is 0 Å². The molecule has 184 valence electrons. The van der Waals surface area contributed by atoms with Crippen molar-refractivity contribution in [2.75, 3.05) is 4.90 Å². The Labute approximate surface area is 225 Å². The van der Waals surface area contributed by atoms with Gasteiger partial charge in [0.2, 0.25) is 0 Å². The van der Waals surface area contributed by atoms with Crippen molar-refractivity contribution in [1.29, 1.82) is 0 Å². The lowest BCUT2D eigenvalue weighted by atomic mass is 10.1. The van der Waals surface area contributed by atoms with Gasteiger partial charge in [-0.1, -0.05) is 72.8 Å². The van der Waals surface area contributed by atoms with Crippen molar-refractivity contribution in [3.8, 4) is 5.69 Å². The zero-order valence-corrected chi connectivity index (χ0v) is 21.2. The van der Waals surface area contributed by atoms with Crippen molar-refractivity contribution >= 4 is 60.8 Å². The minimum Gasteiger partial charge on any atom is -0.456 e. The predicted octanol–water partition coefficient (Wildman–Crippen LogP) is 10.2. The van der Waals surface area contributed by atoms with Crippen molar-refractivity contribution in [1.82, 2.24) is 4.57 Å². The first-order valence-electron chi connectivity index (χ1n) is 13.2. The summed E-state index contributed by atoms with van der Waals surface area (Å²) in [6.45, 7) is 0. The second-order valence-corrected chi connectivity index (χ2v) is 9.84. The lowest BCUT2D eigenvalue weighted by Gasteiger charge is -2.25. The summed E-state index contributed by atoms with van der Waals surface area (Å²) < 4.78 is 8.58. The highest BCUT2D eigenvalue weighted by Gasteiger charge is 2.16. The van der Waals surface area contributed by atoms with Crippen LogP contribution >= 0.6 is 0 Å². The summed E-state index contributed by atoms with van der Waals surface area (Å²) in [6.07, 6.45) is 0. The van der Waals surface area contributed by atoms with E-state index in [4.69, 9.17) is 4.42 Å². The van der Waals surface area contributed by atoms with Crippen LogP contribution in [0.15, 0.2) is 150 Å². The third-order valence-corrected chi connectivity index (χ3v) is 7.58. The first-order valence-corrected chi connectivity index (χ1v) is 13.2. The zero-order valence-electron chi connectivity index (χ0n) is 21.2. The number of nitrogens with zero attached hydrogens (tertiary/aromatic N) is 2. The van der Waals surface area contributed by atoms with Gasteiger partial charge in [0.15, 0.2) is 0 Å². The average Bonchev–Trinajstić information content (AvgIpc) is 3.54. The number of hydrogen-bond acceptors (Lipinski definition) is 2. The van der Waals surface area contributed by atoms with Crippen LogP contribution in [0.25, 0.3) is 49.4 Å². The highest BCUT2D eigenvalue weighted by Crippen LogP contribution is 2.39. The summed E-state index contributed by atoms with van der Waals surface area (Å²) in [5.74, 6) is 0. The number of anilines is 3. The summed E-state index contributed by atoms with van der Waals surface area (Å²) in [6, 6.07) is 51.3. The highest BCUT2D eigenvalue weighted by atomic mass is 16.3. The van der Waals surface area contributed by atoms with Crippen LogP contribution in [0.2, 0.25) is 0 Å². The van der Waals surface area contributed by atoms with E-state index in [1.165, 1.54) is 21.8 Å². The van der Waals surface area contributed by atoms with E-state index in [9.17, 15) is 0 Å². The normalized spacial score (nSPS) is 11.6. The molecule has 0 aliphatic carbocycles. The molecule has 2 aromatic heterocycles. The van der Waals surface area contributed by atoms with Gasteiger partial charge in [-0.2, -0.15) is 0 Å². The van der Waals surface area contributed by atoms with Crippen molar-refractivity contribution in [3.63, 3.8) is 0 Å². The molecular formula is C36H24N2O. The molecule has 3 nitrogen and oxygen atoms in total. The number of benzene rings is 6. The van der Waals surface area contributed by atoms with Crippen LogP contribution < -0.4 is 4.90 Å². The van der Waals surface area contributed by atoms with Gasteiger partial charge in [-0.3, -0.25) is 0 Å². The standard InChI is InChI=1S/C36H24N2O/c1-2-10-25(11-3-1)37(28-22-23-32-31-14-6-9-17-35(31)39-36(32)24-28)26-18-20-27(21-19-26)38-33-15-7-4-12-29(33)30-13-5-8-16-34(30)38/h1-24H. The Morgan fingerprint density at radius 1 is 0.410 bits per heavy atom. The Kier molecular flexibility index (Phi) is 4.82. The zero-order chi connectivity index (χ0) is 25.8. The molecule has 0 N–H and O–H groups in total. The van der Waals surface area contributed by atoms with E-state index in [1.54, 1.807) is 0 Å². The van der Waals surface area contributed by atoms with Crippen LogP contribution in [0.1, 0.15) is 0 Å². The Bertz CT molecular complexity index is 2060. The van der Waals surface area contributed by atoms with E-state index in [-0.39, 0.29) is 0 Å². The number of rotatable bonds is 4. The molecule has 0 radical (unpaired) electrons. The van der Waals surface area contributed by atoms with Gasteiger partial charge >= 0.3 is 0 Å². The first-order chi connectivity index (χ1) is 19.3. The Balaban J connectivity index is 1.28. The molecule has 0 saturated carbocycles. The van der Waals surface area contributed by atoms with Crippen LogP contribution in [0.3, 0.4) is 0 Å². The van der Waals surface area contributed by atoms with Crippen LogP contribution in [0.5, 0.6) is 0 Å². The molecule has 0 spiro atoms. The topological polar surface area (TPSA) is 21.3 Å². The van der Waals surface area contributed by atoms with Crippen molar-refractivity contribution in [3.05, 3.63) is 146 Å². The maximum Gasteiger partial charge on any atom is 0.137 e. The van der Waals surface area contributed by atoms with Crippen molar-refractivity contribution in [2.45, 2.75) is 0 Å². The molecular weight excluding hydrogens is 476 g/mol. The summed E-state index contributed by atoms with van der Waals surface area (Å²) in [4.78, 5) is 2.28. The number of aromatic nitrogens is 1. The largest absolute Gasteiger partial charge is 0.456 e. The lowest BCUT2D eigenvalue weighted by molar-refractivity contribution is 0.669. The fourth-order valence-electron chi connectivity index (χ4n) is 5.83. The molecule has 0 saturated heterocycles. The third-order valence-electron chi connectivity index (χ3n) is 7.58. The van der Waals surface area contributed by atoms with E-state index in [1.807, 2.05) is 12.1 Å². The fourth-order valence-corrected chi connectivity index (χ4v) is 5.83. The Hall–Kier alpha value is -5.28. The van der Waals surface area contributed by atoms with Crippen LogP contribution in [-0.2, 0) is 0 Å². The molecule has 0 atom stereocenters. The molecule has 8 aromatic rings. The van der Waals surface area contributed by atoms with Gasteiger partial charge in [-0.05, 0) is 66.7 Å². The molecule has 0 aliphatic rings. The summed E-state index contributed by atoms with van der Waals surface area (Å²) >= 11 is 0. The lowest BCUT2D eigenvalue weighted by Crippen LogP contribution is -2.09. The summed E-state index contributed by atoms with van der Waals surface area (Å²) in [5.41, 5.74) is 8.58. The van der Waals surface area contributed by atoms with Gasteiger partial charge in [-0.15, -0.1) is 0 Å². The Morgan fingerprint density at radius 2 is 0.949 bits per heavy atom. The third kappa shape index (κ3) is 3.44. The highest BCUT2D eigenvalue weighted by molar-refractivity contribution is 6.09. The van der Waals surface area contributed by atoms with Crippen molar-refractivity contribution in [2.24, 2.45) is 0 Å². The minimum absolute atomic E-state index is 0.886. The predicted molar refractivity (Wildman–Crippen MR) is 163 cm³/mol. The quantitative estimate of drug-likeness (QED) is 0.240. The van der Waals surface area contributed by atoms with E-state index in [2.05, 4.69) is 143 Å². The average molecular weight is 501 g/mol. The van der Waals surface area contributed by atoms with Crippen LogP contribution in [0.4, 0.5) is 17.1 Å². The monoisotopic (exact) mass is 500 g/mol. The molecule has 0 aliphatic heterocycles. The van der Waals surface area contributed by atoms with Crippen LogP contribution in [0, 0.1) is 0 Å². The minimum atomic E-state index is 0.886. The van der Waals surface area contributed by atoms with Gasteiger partial charge in [0.05, 0.1) is 11.0 Å². The summed E-state index contributed by atoms with van der Waals surface area (Å²) in [5, 5.41) is 4.80. The molecule has 0 unspecified atom stereocenters. The molecule has 3 heteroatoms. The molecule has 2 heterocycles. The number of para-hydroxylation sites is 4. The van der Waals surface area contributed by atoms with Crippen LogP contribution in [-0.4, -0.2) is 4.57 Å². The number of furan rings is 1. The molecule has 8 rings (SSSR count). The molecule has 6 aromatic carbocycles. The SMILES string of the molecule is c1ccc(N(c2ccc(-n3c4ccccc4c4ccccc43)cc2)c2ccc3c(c2)oc2ccccc23)cc1. The van der Waals surface area contributed by atoms with Gasteiger partial charge in [0.25, 0.3) is 0 Å². The molecule has 39 heavy (non-hydrogen) atoms. The van der Waals surface area contributed by atoms with Gasteiger partial charge < -0.3 is 13.9 Å². The maximum absolute atomic E-state index is 6.23. The second kappa shape index (κ2) is 8.64. The van der Waals surface area contributed by atoms with E-state index >= 15 is 0 Å². The van der Waals surface area contributed by atoms with E-state index in [0.29, 0.717) is 0 Å². The Morgan fingerprint density at radius 3 is 1.67 bits per heavy atom. The van der Waals surface area contributed by atoms with Gasteiger partial charge in [0, 0.05) is 50.4 Å². The molecule has 0 fully saturated rings. The number of fused-ring (bicyclic) bond motifs is 6. The number of hydrogen-bond donors (Lipinski definition) is 0. The molecule has 0 amide bonds. The fraction of sp³-hybridized carbons (Fsp3) is 0. The molecule has 0 bridgehead atoms. The van der Waals surface area contributed by atoms with Crippen molar-refractivity contribution < 1.29 is 4.42 Å². The maximum atomic E-state index is 6.23. The van der Waals surface area contributed by atoms with E-state index in [0.717, 1.165) is 44.7 Å².